The van der Waals surface area contributed by atoms with E-state index < -0.39 is 17.7 Å². The van der Waals surface area contributed by atoms with E-state index in [2.05, 4.69) is 21.1 Å². The van der Waals surface area contributed by atoms with Crippen molar-refractivity contribution in [3.8, 4) is 5.75 Å². The second-order valence-corrected chi connectivity index (χ2v) is 6.37. The molecule has 0 fully saturated rings. The number of ether oxygens (including phenoxy) is 1. The van der Waals surface area contributed by atoms with E-state index >= 15 is 0 Å². The van der Waals surface area contributed by atoms with Crippen LogP contribution in [0, 0.1) is 0 Å². The second kappa shape index (κ2) is 11.6. The fourth-order valence-electron chi connectivity index (χ4n) is 2.62. The van der Waals surface area contributed by atoms with Crippen LogP contribution in [0.1, 0.15) is 47.4 Å². The van der Waals surface area contributed by atoms with Crippen LogP contribution in [-0.4, -0.2) is 48.9 Å². The van der Waals surface area contributed by atoms with E-state index in [0.29, 0.717) is 30.2 Å². The number of hydrogen-bond donors (Lipinski definition) is 3. The zero-order valence-electron chi connectivity index (χ0n) is 17.5. The number of hydrazine groups is 1. The Kier molecular flexibility index (Phi) is 8.89. The lowest BCUT2D eigenvalue weighted by molar-refractivity contribution is -0.120. The third-order valence-electron chi connectivity index (χ3n) is 4.31. The van der Waals surface area contributed by atoms with Crippen LogP contribution in [0.15, 0.2) is 40.8 Å². The average molecular weight is 416 g/mol. The fourth-order valence-corrected chi connectivity index (χ4v) is 2.62. The molecule has 1 heterocycles. The van der Waals surface area contributed by atoms with Gasteiger partial charge in [-0.2, -0.15) is 0 Å². The van der Waals surface area contributed by atoms with Gasteiger partial charge in [0.2, 0.25) is 0 Å². The predicted molar refractivity (Wildman–Crippen MR) is 111 cm³/mol. The first-order valence-electron chi connectivity index (χ1n) is 9.88. The van der Waals surface area contributed by atoms with Crippen molar-refractivity contribution < 1.29 is 23.5 Å². The van der Waals surface area contributed by atoms with Gasteiger partial charge in [0, 0.05) is 5.56 Å². The summed E-state index contributed by atoms with van der Waals surface area (Å²) < 4.78 is 10.8. The van der Waals surface area contributed by atoms with E-state index in [9.17, 15) is 14.4 Å². The molecule has 9 heteroatoms. The molecule has 2 aromatic rings. The largest absolute Gasteiger partial charge is 0.494 e. The summed E-state index contributed by atoms with van der Waals surface area (Å²) in [7, 11) is 0. The Labute approximate surface area is 175 Å². The molecular weight excluding hydrogens is 388 g/mol. The van der Waals surface area contributed by atoms with Crippen molar-refractivity contribution in [2.45, 2.75) is 27.3 Å². The molecule has 3 amide bonds. The van der Waals surface area contributed by atoms with Crippen molar-refractivity contribution in [2.24, 2.45) is 0 Å². The van der Waals surface area contributed by atoms with Crippen LogP contribution >= 0.6 is 0 Å². The SMILES string of the molecule is CCOc1ccc(C(=O)NCC(=O)NNC(=O)c2ccc(CN(CC)CC)o2)cc1. The molecule has 162 valence electrons. The standard InChI is InChI=1S/C21H28N4O5/c1-4-25(5-2)14-17-11-12-18(30-17)21(28)24-23-19(26)13-22-20(27)15-7-9-16(10-8-15)29-6-3/h7-12H,4-6,13-14H2,1-3H3,(H,22,27)(H,23,26)(H,24,28). The molecule has 3 N–H and O–H groups in total. The molecule has 0 aliphatic carbocycles. The molecule has 0 aliphatic heterocycles. The molecule has 2 rings (SSSR count). The smallest absolute Gasteiger partial charge is 0.305 e. The Bertz CT molecular complexity index is 843. The lowest BCUT2D eigenvalue weighted by atomic mass is 10.2. The summed E-state index contributed by atoms with van der Waals surface area (Å²) in [5.41, 5.74) is 4.90. The van der Waals surface area contributed by atoms with Crippen LogP contribution in [0.5, 0.6) is 5.75 Å². The Balaban J connectivity index is 1.75. The van der Waals surface area contributed by atoms with Gasteiger partial charge in [0.25, 0.3) is 11.8 Å². The summed E-state index contributed by atoms with van der Waals surface area (Å²) in [6.45, 7) is 8.55. The second-order valence-electron chi connectivity index (χ2n) is 6.37. The van der Waals surface area contributed by atoms with Crippen LogP contribution in [0.4, 0.5) is 0 Å². The van der Waals surface area contributed by atoms with Gasteiger partial charge in [-0.15, -0.1) is 0 Å². The Morgan fingerprint density at radius 1 is 0.933 bits per heavy atom. The summed E-state index contributed by atoms with van der Waals surface area (Å²) in [5, 5.41) is 2.48. The zero-order chi connectivity index (χ0) is 21.9. The number of carbonyl (C=O) groups is 3. The molecule has 1 aromatic carbocycles. The number of furan rings is 1. The molecule has 30 heavy (non-hydrogen) atoms. The van der Waals surface area contributed by atoms with E-state index in [1.54, 1.807) is 36.4 Å². The Hall–Kier alpha value is -3.33. The van der Waals surface area contributed by atoms with Crippen LogP contribution in [0.3, 0.4) is 0 Å². The molecule has 0 spiro atoms. The quantitative estimate of drug-likeness (QED) is 0.508. The normalized spacial score (nSPS) is 10.5. The lowest BCUT2D eigenvalue weighted by Gasteiger charge is -2.15. The molecule has 0 radical (unpaired) electrons. The summed E-state index contributed by atoms with van der Waals surface area (Å²) in [6, 6.07) is 9.84. The highest BCUT2D eigenvalue weighted by atomic mass is 16.5. The molecule has 0 unspecified atom stereocenters. The first-order valence-corrected chi connectivity index (χ1v) is 9.88. The van der Waals surface area contributed by atoms with E-state index in [1.807, 2.05) is 20.8 Å². The lowest BCUT2D eigenvalue weighted by Crippen LogP contribution is -2.46. The third kappa shape index (κ3) is 6.93. The van der Waals surface area contributed by atoms with Gasteiger partial charge in [0.1, 0.15) is 11.5 Å². The highest BCUT2D eigenvalue weighted by Crippen LogP contribution is 2.12. The Morgan fingerprint density at radius 3 is 2.27 bits per heavy atom. The van der Waals surface area contributed by atoms with Crippen molar-refractivity contribution in [1.82, 2.24) is 21.1 Å². The molecule has 0 bridgehead atoms. The van der Waals surface area contributed by atoms with Gasteiger partial charge in [-0.05, 0) is 56.4 Å². The fraction of sp³-hybridized carbons (Fsp3) is 0.381. The maximum absolute atomic E-state index is 12.1. The van der Waals surface area contributed by atoms with Gasteiger partial charge in [-0.25, -0.2) is 0 Å². The zero-order valence-corrected chi connectivity index (χ0v) is 17.5. The van der Waals surface area contributed by atoms with Crippen LogP contribution < -0.4 is 20.9 Å². The minimum absolute atomic E-state index is 0.0934. The maximum atomic E-state index is 12.1. The van der Waals surface area contributed by atoms with Gasteiger partial charge in [0.05, 0.1) is 19.7 Å². The van der Waals surface area contributed by atoms with E-state index in [0.717, 1.165) is 13.1 Å². The third-order valence-corrected chi connectivity index (χ3v) is 4.31. The van der Waals surface area contributed by atoms with E-state index in [1.165, 1.54) is 0 Å². The van der Waals surface area contributed by atoms with Crippen molar-refractivity contribution in [3.05, 3.63) is 53.5 Å². The van der Waals surface area contributed by atoms with Gasteiger partial charge in [-0.1, -0.05) is 13.8 Å². The first-order chi connectivity index (χ1) is 14.5. The van der Waals surface area contributed by atoms with Crippen molar-refractivity contribution in [2.75, 3.05) is 26.2 Å². The van der Waals surface area contributed by atoms with Gasteiger partial charge < -0.3 is 14.5 Å². The first kappa shape index (κ1) is 23.0. The number of nitrogens with zero attached hydrogens (tertiary/aromatic N) is 1. The highest BCUT2D eigenvalue weighted by molar-refractivity contribution is 5.97. The van der Waals surface area contributed by atoms with E-state index in [-0.39, 0.29) is 12.3 Å². The molecule has 0 saturated carbocycles. The minimum atomic E-state index is -0.577. The van der Waals surface area contributed by atoms with Gasteiger partial charge >= 0.3 is 5.91 Å². The van der Waals surface area contributed by atoms with Crippen LogP contribution in [-0.2, 0) is 11.3 Å². The van der Waals surface area contributed by atoms with Crippen LogP contribution in [0.2, 0.25) is 0 Å². The molecule has 0 aliphatic rings. The minimum Gasteiger partial charge on any atom is -0.494 e. The number of hydrogen-bond acceptors (Lipinski definition) is 6. The summed E-state index contributed by atoms with van der Waals surface area (Å²) in [4.78, 5) is 38.2. The molecule has 0 atom stereocenters. The summed E-state index contributed by atoms with van der Waals surface area (Å²) >= 11 is 0. The van der Waals surface area contributed by atoms with Crippen molar-refractivity contribution in [3.63, 3.8) is 0 Å². The molecule has 0 saturated heterocycles. The highest BCUT2D eigenvalue weighted by Gasteiger charge is 2.14. The number of carbonyl (C=O) groups excluding carboxylic acids is 3. The molecule has 1 aromatic heterocycles. The number of nitrogens with one attached hydrogen (secondary N) is 3. The topological polar surface area (TPSA) is 113 Å². The van der Waals surface area contributed by atoms with Crippen LogP contribution in [0.25, 0.3) is 0 Å². The summed E-state index contributed by atoms with van der Waals surface area (Å²) in [6.07, 6.45) is 0. The van der Waals surface area contributed by atoms with Crippen molar-refractivity contribution >= 4 is 17.7 Å². The average Bonchev–Trinajstić information content (AvgIpc) is 3.23. The molecular formula is C21H28N4O5. The number of rotatable bonds is 10. The number of amides is 3. The molecule has 9 nitrogen and oxygen atoms in total. The van der Waals surface area contributed by atoms with Gasteiger partial charge in [-0.3, -0.25) is 30.1 Å². The Morgan fingerprint density at radius 2 is 1.63 bits per heavy atom. The van der Waals surface area contributed by atoms with E-state index in [4.69, 9.17) is 9.15 Å². The van der Waals surface area contributed by atoms with Gasteiger partial charge in [0.15, 0.2) is 5.76 Å². The maximum Gasteiger partial charge on any atom is 0.305 e. The number of benzene rings is 1. The van der Waals surface area contributed by atoms with Crippen molar-refractivity contribution in [1.29, 1.82) is 0 Å². The predicted octanol–water partition coefficient (Wildman–Crippen LogP) is 1.71. The monoisotopic (exact) mass is 416 g/mol. The summed E-state index contributed by atoms with van der Waals surface area (Å²) in [5.74, 6) is -0.141.